The van der Waals surface area contributed by atoms with Crippen LogP contribution in [0, 0.1) is 5.92 Å². The van der Waals surface area contributed by atoms with Gasteiger partial charge in [0, 0.05) is 16.7 Å². The second-order valence-electron chi connectivity index (χ2n) is 4.36. The molecule has 0 aliphatic carbocycles. The Morgan fingerprint density at radius 3 is 2.50 bits per heavy atom. The third-order valence-corrected chi connectivity index (χ3v) is 4.16. The van der Waals surface area contributed by atoms with Crippen LogP contribution in [0.25, 0.3) is 0 Å². The summed E-state index contributed by atoms with van der Waals surface area (Å²) in [5.74, 6) is 1.97. The highest BCUT2D eigenvalue weighted by Gasteiger charge is 2.10. The summed E-state index contributed by atoms with van der Waals surface area (Å²) in [6.07, 6.45) is 2.54. The van der Waals surface area contributed by atoms with Crippen LogP contribution >= 0.6 is 11.8 Å². The summed E-state index contributed by atoms with van der Waals surface area (Å²) >= 11 is 1.94. The molecule has 0 amide bonds. The van der Waals surface area contributed by atoms with Crippen molar-refractivity contribution >= 4 is 11.8 Å². The zero-order valence-electron chi connectivity index (χ0n) is 10.6. The van der Waals surface area contributed by atoms with Gasteiger partial charge in [-0.15, -0.1) is 11.8 Å². The van der Waals surface area contributed by atoms with Gasteiger partial charge in [0.05, 0.1) is 0 Å². The molecular weight excluding hydrogens is 214 g/mol. The molecule has 0 fully saturated rings. The van der Waals surface area contributed by atoms with E-state index in [9.17, 15) is 0 Å². The van der Waals surface area contributed by atoms with Gasteiger partial charge in [-0.3, -0.25) is 0 Å². The molecule has 0 saturated carbocycles. The van der Waals surface area contributed by atoms with Crippen LogP contribution in [0.2, 0.25) is 0 Å². The van der Waals surface area contributed by atoms with Gasteiger partial charge >= 0.3 is 0 Å². The van der Waals surface area contributed by atoms with Crippen molar-refractivity contribution in [1.29, 1.82) is 0 Å². The summed E-state index contributed by atoms with van der Waals surface area (Å²) in [6, 6.07) is 11.3. The highest BCUT2D eigenvalue weighted by Crippen LogP contribution is 2.20. The van der Waals surface area contributed by atoms with E-state index in [0.29, 0.717) is 6.04 Å². The smallest absolute Gasteiger partial charge is 0.0161 e. The zero-order valence-corrected chi connectivity index (χ0v) is 11.4. The molecule has 0 aliphatic heterocycles. The van der Waals surface area contributed by atoms with Crippen molar-refractivity contribution in [3.63, 3.8) is 0 Å². The van der Waals surface area contributed by atoms with E-state index in [0.717, 1.165) is 11.7 Å². The maximum absolute atomic E-state index is 3.42. The Morgan fingerprint density at radius 1 is 1.25 bits per heavy atom. The lowest BCUT2D eigenvalue weighted by molar-refractivity contribution is 0.436. The van der Waals surface area contributed by atoms with Crippen LogP contribution in [0.5, 0.6) is 0 Å². The van der Waals surface area contributed by atoms with Crippen molar-refractivity contribution in [3.8, 4) is 0 Å². The summed E-state index contributed by atoms with van der Waals surface area (Å²) in [6.45, 7) is 4.60. The second kappa shape index (κ2) is 7.75. The lowest BCUT2D eigenvalue weighted by Gasteiger charge is -2.19. The van der Waals surface area contributed by atoms with E-state index in [1.54, 1.807) is 0 Å². The minimum absolute atomic E-state index is 0.625. The van der Waals surface area contributed by atoms with Crippen LogP contribution in [0.15, 0.2) is 35.2 Å². The summed E-state index contributed by atoms with van der Waals surface area (Å²) in [7, 11) is 2.07. The topological polar surface area (TPSA) is 12.0 Å². The Balaban J connectivity index is 2.34. The van der Waals surface area contributed by atoms with Crippen LogP contribution in [0.1, 0.15) is 26.7 Å². The van der Waals surface area contributed by atoms with Crippen molar-refractivity contribution < 1.29 is 0 Å². The molecule has 1 nitrogen and oxygen atoms in total. The van der Waals surface area contributed by atoms with Crippen molar-refractivity contribution in [2.75, 3.05) is 12.8 Å². The SMILES string of the molecule is CCC(C)CC(CSc1ccccc1)NC. The first kappa shape index (κ1) is 13.6. The van der Waals surface area contributed by atoms with E-state index in [1.807, 2.05) is 11.8 Å². The van der Waals surface area contributed by atoms with E-state index >= 15 is 0 Å². The van der Waals surface area contributed by atoms with E-state index in [4.69, 9.17) is 0 Å². The van der Waals surface area contributed by atoms with Gasteiger partial charge in [0.25, 0.3) is 0 Å². The molecule has 16 heavy (non-hydrogen) atoms. The molecule has 90 valence electrons. The fraction of sp³-hybridized carbons (Fsp3) is 0.571. The molecule has 2 unspecified atom stereocenters. The van der Waals surface area contributed by atoms with Crippen LogP contribution in [0.4, 0.5) is 0 Å². The standard InChI is InChI=1S/C14H23NS/c1-4-12(2)10-13(15-3)11-16-14-8-6-5-7-9-14/h5-9,12-13,15H,4,10-11H2,1-3H3. The molecule has 2 heteroatoms. The lowest BCUT2D eigenvalue weighted by atomic mass is 10.0. The maximum Gasteiger partial charge on any atom is 0.0161 e. The largest absolute Gasteiger partial charge is 0.316 e. The van der Waals surface area contributed by atoms with Crippen LogP contribution in [0.3, 0.4) is 0 Å². The van der Waals surface area contributed by atoms with Gasteiger partial charge < -0.3 is 5.32 Å². The Morgan fingerprint density at radius 2 is 1.94 bits per heavy atom. The minimum Gasteiger partial charge on any atom is -0.316 e. The van der Waals surface area contributed by atoms with Crippen molar-refractivity contribution in [1.82, 2.24) is 5.32 Å². The molecule has 0 bridgehead atoms. The first-order valence-corrected chi connectivity index (χ1v) is 7.10. The maximum atomic E-state index is 3.42. The predicted octanol–water partition coefficient (Wildman–Crippen LogP) is 3.80. The molecule has 0 saturated heterocycles. The van der Waals surface area contributed by atoms with Gasteiger partial charge in [-0.25, -0.2) is 0 Å². The number of thioether (sulfide) groups is 1. The van der Waals surface area contributed by atoms with Gasteiger partial charge in [0.15, 0.2) is 0 Å². The lowest BCUT2D eigenvalue weighted by Crippen LogP contribution is -2.29. The van der Waals surface area contributed by atoms with E-state index in [1.165, 1.54) is 17.7 Å². The average molecular weight is 237 g/mol. The number of hydrogen-bond donors (Lipinski definition) is 1. The Kier molecular flexibility index (Phi) is 6.58. The molecular formula is C14H23NS. The fourth-order valence-electron chi connectivity index (χ4n) is 1.64. The number of nitrogens with one attached hydrogen (secondary N) is 1. The highest BCUT2D eigenvalue weighted by molar-refractivity contribution is 7.99. The first-order valence-electron chi connectivity index (χ1n) is 6.11. The van der Waals surface area contributed by atoms with Crippen molar-refractivity contribution in [2.45, 2.75) is 37.6 Å². The minimum atomic E-state index is 0.625. The molecule has 0 aromatic heterocycles. The second-order valence-corrected chi connectivity index (χ2v) is 5.45. The van der Waals surface area contributed by atoms with Crippen LogP contribution in [-0.4, -0.2) is 18.8 Å². The average Bonchev–Trinajstić information content (AvgIpc) is 2.35. The molecule has 0 aliphatic rings. The summed E-state index contributed by atoms with van der Waals surface area (Å²) < 4.78 is 0. The molecule has 0 radical (unpaired) electrons. The Bertz CT molecular complexity index is 273. The van der Waals surface area contributed by atoms with Crippen molar-refractivity contribution in [2.24, 2.45) is 5.92 Å². The normalized spacial score (nSPS) is 14.7. The van der Waals surface area contributed by atoms with Crippen LogP contribution < -0.4 is 5.32 Å². The number of benzene rings is 1. The molecule has 0 heterocycles. The van der Waals surface area contributed by atoms with E-state index in [-0.39, 0.29) is 0 Å². The van der Waals surface area contributed by atoms with Gasteiger partial charge in [-0.05, 0) is 31.5 Å². The van der Waals surface area contributed by atoms with E-state index < -0.39 is 0 Å². The number of hydrogen-bond acceptors (Lipinski definition) is 2. The zero-order chi connectivity index (χ0) is 11.8. The molecule has 1 N–H and O–H groups in total. The molecule has 0 spiro atoms. The van der Waals surface area contributed by atoms with E-state index in [2.05, 4.69) is 56.5 Å². The number of rotatable bonds is 7. The molecule has 1 rings (SSSR count). The van der Waals surface area contributed by atoms with Crippen LogP contribution in [-0.2, 0) is 0 Å². The fourth-order valence-corrected chi connectivity index (χ4v) is 2.68. The first-order chi connectivity index (χ1) is 7.76. The summed E-state index contributed by atoms with van der Waals surface area (Å²) in [5.41, 5.74) is 0. The molecule has 1 aromatic carbocycles. The summed E-state index contributed by atoms with van der Waals surface area (Å²) in [4.78, 5) is 1.37. The molecule has 2 atom stereocenters. The third kappa shape index (κ3) is 5.04. The Labute approximate surface area is 104 Å². The van der Waals surface area contributed by atoms with Gasteiger partial charge in [-0.2, -0.15) is 0 Å². The molecule has 1 aromatic rings. The quantitative estimate of drug-likeness (QED) is 0.724. The van der Waals surface area contributed by atoms with Gasteiger partial charge in [0.2, 0.25) is 0 Å². The van der Waals surface area contributed by atoms with Gasteiger partial charge in [-0.1, -0.05) is 38.5 Å². The summed E-state index contributed by atoms with van der Waals surface area (Å²) in [5, 5.41) is 3.42. The predicted molar refractivity (Wildman–Crippen MR) is 74.1 cm³/mol. The third-order valence-electron chi connectivity index (χ3n) is 2.99. The van der Waals surface area contributed by atoms with Gasteiger partial charge in [0.1, 0.15) is 0 Å². The monoisotopic (exact) mass is 237 g/mol. The van der Waals surface area contributed by atoms with Crippen molar-refractivity contribution in [3.05, 3.63) is 30.3 Å². The highest BCUT2D eigenvalue weighted by atomic mass is 32.2. The Hall–Kier alpha value is -0.470.